The van der Waals surface area contributed by atoms with E-state index in [1.165, 1.54) is 14.2 Å². The highest BCUT2D eigenvalue weighted by atomic mass is 32.1. The van der Waals surface area contributed by atoms with E-state index >= 15 is 0 Å². The molecule has 0 saturated heterocycles. The summed E-state index contributed by atoms with van der Waals surface area (Å²) in [6, 6.07) is 14.2. The second-order valence-corrected chi connectivity index (χ2v) is 6.02. The molecular formula is C20H20N2O5S. The molecule has 0 unspecified atom stereocenters. The predicted octanol–water partition coefficient (Wildman–Crippen LogP) is 1.69. The average Bonchev–Trinajstić information content (AvgIpc) is 2.75. The highest BCUT2D eigenvalue weighted by Gasteiger charge is 2.17. The van der Waals surface area contributed by atoms with Gasteiger partial charge in [0, 0.05) is 11.1 Å². The van der Waals surface area contributed by atoms with Gasteiger partial charge in [-0.2, -0.15) is 0 Å². The number of rotatable bonds is 7. The van der Waals surface area contributed by atoms with Gasteiger partial charge < -0.3 is 20.1 Å². The van der Waals surface area contributed by atoms with Crippen LogP contribution in [0.2, 0.25) is 0 Å². The number of carbonyl (C=O) groups excluding carboxylic acids is 3. The van der Waals surface area contributed by atoms with E-state index in [2.05, 4.69) is 20.1 Å². The van der Waals surface area contributed by atoms with Crippen LogP contribution in [0.4, 0.5) is 0 Å². The fourth-order valence-corrected chi connectivity index (χ4v) is 2.72. The Balaban J connectivity index is 2.33. The summed E-state index contributed by atoms with van der Waals surface area (Å²) in [6.07, 6.45) is 0. The number of benzene rings is 2. The molecule has 0 aromatic heterocycles. The number of carbonyl (C=O) groups is 3. The molecule has 0 spiro atoms. The molecule has 146 valence electrons. The van der Waals surface area contributed by atoms with Crippen molar-refractivity contribution >= 4 is 35.1 Å². The van der Waals surface area contributed by atoms with Crippen LogP contribution in [0.5, 0.6) is 0 Å². The summed E-state index contributed by atoms with van der Waals surface area (Å²) < 4.78 is 9.15. The molecule has 0 aliphatic heterocycles. The summed E-state index contributed by atoms with van der Waals surface area (Å²) in [5.41, 5.74) is 2.40. The molecule has 0 fully saturated rings. The second kappa shape index (κ2) is 10.2. The van der Waals surface area contributed by atoms with Gasteiger partial charge in [0.15, 0.2) is 0 Å². The highest BCUT2D eigenvalue weighted by Crippen LogP contribution is 2.27. The van der Waals surface area contributed by atoms with Crippen LogP contribution in [0.1, 0.15) is 15.9 Å². The standard InChI is InChI=1S/C20H20N2O5S/c1-26-17(23)11-21-19(25)15-9-5-3-7-13(15)14-8-4-6-10-16(14)20(28)22-12-18(24)27-2/h3-10H,11-12H2,1-2H3,(H,21,25)(H,22,28). The molecule has 0 radical (unpaired) electrons. The summed E-state index contributed by atoms with van der Waals surface area (Å²) in [5, 5.41) is 5.38. The first-order valence-corrected chi connectivity index (χ1v) is 8.77. The van der Waals surface area contributed by atoms with Crippen molar-refractivity contribution < 1.29 is 23.9 Å². The molecule has 0 bridgehead atoms. The van der Waals surface area contributed by atoms with Crippen LogP contribution in [0, 0.1) is 0 Å². The van der Waals surface area contributed by atoms with E-state index < -0.39 is 17.8 Å². The van der Waals surface area contributed by atoms with Crippen molar-refractivity contribution in [2.45, 2.75) is 0 Å². The van der Waals surface area contributed by atoms with Crippen LogP contribution in [-0.2, 0) is 19.1 Å². The average molecular weight is 400 g/mol. The molecule has 7 nitrogen and oxygen atoms in total. The largest absolute Gasteiger partial charge is 0.468 e. The third-order valence-electron chi connectivity index (χ3n) is 3.88. The molecular weight excluding hydrogens is 380 g/mol. The SMILES string of the molecule is COC(=O)CNC(=O)c1ccccc1-c1ccccc1C(=S)NCC(=O)OC. The van der Waals surface area contributed by atoms with E-state index in [9.17, 15) is 14.4 Å². The monoisotopic (exact) mass is 400 g/mol. The van der Waals surface area contributed by atoms with E-state index in [1.54, 1.807) is 30.3 Å². The normalized spacial score (nSPS) is 9.93. The van der Waals surface area contributed by atoms with Gasteiger partial charge in [0.1, 0.15) is 18.1 Å². The molecule has 2 aromatic carbocycles. The van der Waals surface area contributed by atoms with E-state index in [0.29, 0.717) is 27.2 Å². The van der Waals surface area contributed by atoms with E-state index in [4.69, 9.17) is 12.2 Å². The van der Waals surface area contributed by atoms with E-state index in [0.717, 1.165) is 0 Å². The van der Waals surface area contributed by atoms with Crippen LogP contribution in [0.15, 0.2) is 48.5 Å². The Morgan fingerprint density at radius 1 is 0.786 bits per heavy atom. The first-order chi connectivity index (χ1) is 13.5. The topological polar surface area (TPSA) is 93.7 Å². The molecule has 0 aliphatic rings. The lowest BCUT2D eigenvalue weighted by molar-refractivity contribution is -0.140. The highest BCUT2D eigenvalue weighted by molar-refractivity contribution is 7.80. The van der Waals surface area contributed by atoms with Crippen LogP contribution in [-0.4, -0.2) is 50.1 Å². The van der Waals surface area contributed by atoms with Gasteiger partial charge >= 0.3 is 11.9 Å². The zero-order valence-corrected chi connectivity index (χ0v) is 16.3. The number of thiocarbonyl (C=S) groups is 1. The van der Waals surface area contributed by atoms with Gasteiger partial charge in [0.2, 0.25) is 0 Å². The van der Waals surface area contributed by atoms with Gasteiger partial charge in [-0.15, -0.1) is 0 Å². The van der Waals surface area contributed by atoms with Crippen LogP contribution >= 0.6 is 12.2 Å². The number of amides is 1. The second-order valence-electron chi connectivity index (χ2n) is 5.61. The number of hydrogen-bond acceptors (Lipinski definition) is 6. The summed E-state index contributed by atoms with van der Waals surface area (Å²) in [5.74, 6) is -1.40. The van der Waals surface area contributed by atoms with Crippen LogP contribution in [0.25, 0.3) is 11.1 Å². The van der Waals surface area contributed by atoms with Crippen molar-refractivity contribution in [3.63, 3.8) is 0 Å². The zero-order chi connectivity index (χ0) is 20.5. The lowest BCUT2D eigenvalue weighted by Crippen LogP contribution is -2.31. The molecule has 2 rings (SSSR count). The van der Waals surface area contributed by atoms with Gasteiger partial charge in [0.05, 0.1) is 14.2 Å². The maximum Gasteiger partial charge on any atom is 0.325 e. The summed E-state index contributed by atoms with van der Waals surface area (Å²) in [4.78, 5) is 35.6. The number of nitrogens with one attached hydrogen (secondary N) is 2. The first kappa shape index (κ1) is 21.0. The van der Waals surface area contributed by atoms with Crippen LogP contribution in [0.3, 0.4) is 0 Å². The van der Waals surface area contributed by atoms with Crippen molar-refractivity contribution in [2.24, 2.45) is 0 Å². The summed E-state index contributed by atoms with van der Waals surface area (Å²) in [7, 11) is 2.55. The predicted molar refractivity (Wildman–Crippen MR) is 108 cm³/mol. The first-order valence-electron chi connectivity index (χ1n) is 8.36. The van der Waals surface area contributed by atoms with Crippen LogP contribution < -0.4 is 10.6 Å². The van der Waals surface area contributed by atoms with Gasteiger partial charge in [-0.05, 0) is 17.2 Å². The van der Waals surface area contributed by atoms with Crippen molar-refractivity contribution in [3.8, 4) is 11.1 Å². The van der Waals surface area contributed by atoms with Gasteiger partial charge in [-0.25, -0.2) is 0 Å². The van der Waals surface area contributed by atoms with E-state index in [1.807, 2.05) is 18.2 Å². The van der Waals surface area contributed by atoms with Crippen molar-refractivity contribution in [1.82, 2.24) is 10.6 Å². The summed E-state index contributed by atoms with van der Waals surface area (Å²) in [6.45, 7) is -0.296. The van der Waals surface area contributed by atoms with Crippen molar-refractivity contribution in [2.75, 3.05) is 27.3 Å². The zero-order valence-electron chi connectivity index (χ0n) is 15.5. The molecule has 8 heteroatoms. The minimum absolute atomic E-state index is 0.0646. The fourth-order valence-electron chi connectivity index (χ4n) is 2.47. The van der Waals surface area contributed by atoms with Gasteiger partial charge in [-0.3, -0.25) is 14.4 Å². The molecule has 0 atom stereocenters. The van der Waals surface area contributed by atoms with Crippen molar-refractivity contribution in [1.29, 1.82) is 0 Å². The molecule has 2 aromatic rings. The third-order valence-corrected chi connectivity index (χ3v) is 4.24. The Morgan fingerprint density at radius 3 is 1.82 bits per heavy atom. The Labute approximate surface area is 168 Å². The Kier molecular flexibility index (Phi) is 7.65. The quantitative estimate of drug-likeness (QED) is 0.540. The Morgan fingerprint density at radius 2 is 1.25 bits per heavy atom. The number of esters is 2. The smallest absolute Gasteiger partial charge is 0.325 e. The van der Waals surface area contributed by atoms with E-state index in [-0.39, 0.29) is 13.1 Å². The minimum Gasteiger partial charge on any atom is -0.468 e. The van der Waals surface area contributed by atoms with Gasteiger partial charge in [-0.1, -0.05) is 54.7 Å². The molecule has 28 heavy (non-hydrogen) atoms. The lowest BCUT2D eigenvalue weighted by atomic mass is 9.95. The Hall–Kier alpha value is -3.26. The number of ether oxygens (including phenoxy) is 2. The van der Waals surface area contributed by atoms with Crippen molar-refractivity contribution in [3.05, 3.63) is 59.7 Å². The fraction of sp³-hybridized carbons (Fsp3) is 0.200. The number of methoxy groups -OCH3 is 2. The number of hydrogen-bond donors (Lipinski definition) is 2. The Bertz CT molecular complexity index is 824. The minimum atomic E-state index is -0.542. The molecule has 2 N–H and O–H groups in total. The molecule has 0 saturated carbocycles. The van der Waals surface area contributed by atoms with Gasteiger partial charge in [0.25, 0.3) is 5.91 Å². The lowest BCUT2D eigenvalue weighted by Gasteiger charge is -2.15. The molecule has 1 amide bonds. The molecule has 0 aliphatic carbocycles. The maximum atomic E-state index is 12.6. The third kappa shape index (κ3) is 5.37. The molecule has 0 heterocycles. The maximum absolute atomic E-state index is 12.6. The summed E-state index contributed by atoms with van der Waals surface area (Å²) >= 11 is 5.40.